The minimum atomic E-state index is -3.77. The largest absolute Gasteiger partial charge is 0.380 e. The predicted molar refractivity (Wildman–Crippen MR) is 66.4 cm³/mol. The SMILES string of the molecule is N#Cc1ccc2c(n1)C(=O)C1=C(C2=O)S(=O)(=O)CCN1. The molecule has 1 aromatic rings. The van der Waals surface area contributed by atoms with Gasteiger partial charge in [-0.1, -0.05) is 0 Å². The highest BCUT2D eigenvalue weighted by Gasteiger charge is 2.42. The predicted octanol–water partition coefficient (Wildman–Crippen LogP) is -0.438. The number of sulfone groups is 1. The standard InChI is InChI=1S/C12H7N3O4S/c13-5-6-1-2-7-8(15-6)11(17)9-12(10(7)16)20(18,19)4-3-14-9/h1-2,14H,3-4H2. The van der Waals surface area contributed by atoms with E-state index in [0.717, 1.165) is 0 Å². The van der Waals surface area contributed by atoms with Crippen molar-refractivity contribution in [1.82, 2.24) is 10.3 Å². The summed E-state index contributed by atoms with van der Waals surface area (Å²) in [4.78, 5) is 27.8. The molecule has 2 aliphatic rings. The van der Waals surface area contributed by atoms with Gasteiger partial charge in [0.05, 0.1) is 11.3 Å². The van der Waals surface area contributed by atoms with E-state index in [-0.39, 0.29) is 34.9 Å². The van der Waals surface area contributed by atoms with Gasteiger partial charge in [0.2, 0.25) is 11.6 Å². The van der Waals surface area contributed by atoms with Crippen molar-refractivity contribution in [2.75, 3.05) is 12.3 Å². The quantitative estimate of drug-likeness (QED) is 0.688. The van der Waals surface area contributed by atoms with Crippen LogP contribution in [0, 0.1) is 11.3 Å². The molecule has 100 valence electrons. The highest BCUT2D eigenvalue weighted by molar-refractivity contribution is 7.96. The molecular weight excluding hydrogens is 282 g/mol. The third kappa shape index (κ3) is 1.57. The van der Waals surface area contributed by atoms with Gasteiger partial charge in [0, 0.05) is 6.54 Å². The van der Waals surface area contributed by atoms with Crippen LogP contribution < -0.4 is 5.32 Å². The summed E-state index contributed by atoms with van der Waals surface area (Å²) in [5, 5.41) is 11.4. The van der Waals surface area contributed by atoms with Gasteiger partial charge in [-0.05, 0) is 12.1 Å². The van der Waals surface area contributed by atoms with Crippen LogP contribution in [0.4, 0.5) is 0 Å². The lowest BCUT2D eigenvalue weighted by molar-refractivity contribution is 0.0969. The van der Waals surface area contributed by atoms with Gasteiger partial charge < -0.3 is 5.32 Å². The summed E-state index contributed by atoms with van der Waals surface area (Å²) in [6, 6.07) is 4.31. The Morgan fingerprint density at radius 3 is 2.70 bits per heavy atom. The first-order chi connectivity index (χ1) is 9.45. The van der Waals surface area contributed by atoms with Gasteiger partial charge in [-0.15, -0.1) is 0 Å². The Labute approximate surface area is 113 Å². The smallest absolute Gasteiger partial charge is 0.229 e. The van der Waals surface area contributed by atoms with E-state index in [2.05, 4.69) is 10.3 Å². The van der Waals surface area contributed by atoms with E-state index in [1.807, 2.05) is 0 Å². The molecule has 1 aliphatic carbocycles. The molecule has 0 amide bonds. The number of pyridine rings is 1. The molecule has 1 N–H and O–H groups in total. The fourth-order valence-corrected chi connectivity index (χ4v) is 3.65. The third-order valence-electron chi connectivity index (χ3n) is 3.11. The molecular formula is C12H7N3O4S. The average molecular weight is 289 g/mol. The normalized spacial score (nSPS) is 19.8. The molecule has 20 heavy (non-hydrogen) atoms. The molecule has 0 spiro atoms. The van der Waals surface area contributed by atoms with Crippen LogP contribution in [0.1, 0.15) is 26.5 Å². The van der Waals surface area contributed by atoms with Crippen molar-refractivity contribution < 1.29 is 18.0 Å². The number of nitriles is 1. The number of hydrogen-bond donors (Lipinski definition) is 1. The van der Waals surface area contributed by atoms with Gasteiger partial charge >= 0.3 is 0 Å². The zero-order chi connectivity index (χ0) is 14.5. The Balaban J connectivity index is 2.31. The summed E-state index contributed by atoms with van der Waals surface area (Å²) in [7, 11) is -3.77. The third-order valence-corrected chi connectivity index (χ3v) is 4.87. The molecule has 0 unspecified atom stereocenters. The summed E-state index contributed by atoms with van der Waals surface area (Å²) in [5.74, 6) is -1.65. The summed E-state index contributed by atoms with van der Waals surface area (Å²) in [5.41, 5.74) is -0.513. The van der Waals surface area contributed by atoms with Gasteiger partial charge in [-0.2, -0.15) is 5.26 Å². The lowest BCUT2D eigenvalue weighted by atomic mass is 9.96. The number of aromatic nitrogens is 1. The number of Topliss-reactive ketones (excluding diaryl/α,β-unsaturated/α-hetero) is 2. The number of nitrogens with zero attached hydrogens (tertiary/aromatic N) is 2. The minimum Gasteiger partial charge on any atom is -0.380 e. The van der Waals surface area contributed by atoms with Crippen molar-refractivity contribution >= 4 is 21.4 Å². The topological polar surface area (TPSA) is 117 Å². The molecule has 0 saturated carbocycles. The number of carbonyl (C=O) groups is 2. The van der Waals surface area contributed by atoms with Crippen molar-refractivity contribution in [2.24, 2.45) is 0 Å². The molecule has 0 fully saturated rings. The van der Waals surface area contributed by atoms with Crippen LogP contribution in [0.2, 0.25) is 0 Å². The van der Waals surface area contributed by atoms with E-state index in [9.17, 15) is 18.0 Å². The van der Waals surface area contributed by atoms with Gasteiger partial charge in [-0.25, -0.2) is 13.4 Å². The zero-order valence-corrected chi connectivity index (χ0v) is 10.8. The lowest BCUT2D eigenvalue weighted by Gasteiger charge is -2.24. The van der Waals surface area contributed by atoms with Crippen LogP contribution in [0.15, 0.2) is 22.7 Å². The molecule has 8 heteroatoms. The molecule has 3 rings (SSSR count). The van der Waals surface area contributed by atoms with Gasteiger partial charge in [0.25, 0.3) is 0 Å². The molecule has 1 aromatic heterocycles. The zero-order valence-electron chi connectivity index (χ0n) is 10.0. The Morgan fingerprint density at radius 1 is 1.25 bits per heavy atom. The van der Waals surface area contributed by atoms with Crippen molar-refractivity contribution in [3.63, 3.8) is 0 Å². The molecule has 2 heterocycles. The second-order valence-electron chi connectivity index (χ2n) is 4.31. The second kappa shape index (κ2) is 3.98. The van der Waals surface area contributed by atoms with E-state index in [1.54, 1.807) is 6.07 Å². The van der Waals surface area contributed by atoms with Crippen LogP contribution in [0.5, 0.6) is 0 Å². The molecule has 0 bridgehead atoms. The number of allylic oxidation sites excluding steroid dienone is 2. The fourth-order valence-electron chi connectivity index (χ4n) is 2.20. The summed E-state index contributed by atoms with van der Waals surface area (Å²) >= 11 is 0. The maximum atomic E-state index is 12.3. The number of fused-ring (bicyclic) bond motifs is 1. The average Bonchev–Trinajstić information content (AvgIpc) is 2.43. The van der Waals surface area contributed by atoms with Crippen molar-refractivity contribution in [3.05, 3.63) is 39.7 Å². The Kier molecular flexibility index (Phi) is 2.49. The van der Waals surface area contributed by atoms with Crippen molar-refractivity contribution in [3.8, 4) is 6.07 Å². The summed E-state index contributed by atoms with van der Waals surface area (Å²) < 4.78 is 23.9. The Bertz CT molecular complexity index is 846. The van der Waals surface area contributed by atoms with Crippen LogP contribution in [-0.4, -0.2) is 37.3 Å². The molecule has 0 aromatic carbocycles. The fraction of sp³-hybridized carbons (Fsp3) is 0.167. The monoisotopic (exact) mass is 289 g/mol. The number of rotatable bonds is 0. The van der Waals surface area contributed by atoms with E-state index < -0.39 is 26.3 Å². The Hall–Kier alpha value is -2.53. The second-order valence-corrected chi connectivity index (χ2v) is 6.36. The summed E-state index contributed by atoms with van der Waals surface area (Å²) in [6.45, 7) is 0.0630. The maximum Gasteiger partial charge on any atom is 0.229 e. The molecule has 1 aliphatic heterocycles. The van der Waals surface area contributed by atoms with E-state index >= 15 is 0 Å². The van der Waals surface area contributed by atoms with Crippen LogP contribution in [-0.2, 0) is 9.84 Å². The van der Waals surface area contributed by atoms with Crippen LogP contribution >= 0.6 is 0 Å². The minimum absolute atomic E-state index is 0.00684. The van der Waals surface area contributed by atoms with E-state index in [1.165, 1.54) is 12.1 Å². The first kappa shape index (κ1) is 12.5. The molecule has 7 nitrogen and oxygen atoms in total. The van der Waals surface area contributed by atoms with Crippen molar-refractivity contribution in [1.29, 1.82) is 5.26 Å². The highest BCUT2D eigenvalue weighted by Crippen LogP contribution is 2.29. The maximum absolute atomic E-state index is 12.3. The van der Waals surface area contributed by atoms with Crippen LogP contribution in [0.25, 0.3) is 0 Å². The highest BCUT2D eigenvalue weighted by atomic mass is 32.2. The molecule has 0 atom stereocenters. The molecule has 0 saturated heterocycles. The molecule has 0 radical (unpaired) electrons. The van der Waals surface area contributed by atoms with Gasteiger partial charge in [-0.3, -0.25) is 9.59 Å². The lowest BCUT2D eigenvalue weighted by Crippen LogP contribution is -2.41. The number of carbonyl (C=O) groups excluding carboxylic acids is 2. The van der Waals surface area contributed by atoms with Crippen molar-refractivity contribution in [2.45, 2.75) is 0 Å². The van der Waals surface area contributed by atoms with Crippen LogP contribution in [0.3, 0.4) is 0 Å². The van der Waals surface area contributed by atoms with Gasteiger partial charge in [0.15, 0.2) is 9.84 Å². The van der Waals surface area contributed by atoms with E-state index in [4.69, 9.17) is 5.26 Å². The van der Waals surface area contributed by atoms with E-state index in [0.29, 0.717) is 0 Å². The number of ketones is 2. The Morgan fingerprint density at radius 2 is 2.00 bits per heavy atom. The number of hydrogen-bond acceptors (Lipinski definition) is 7. The summed E-state index contributed by atoms with van der Waals surface area (Å²) in [6.07, 6.45) is 0. The first-order valence-electron chi connectivity index (χ1n) is 5.67. The first-order valence-corrected chi connectivity index (χ1v) is 7.32. The number of nitrogens with one attached hydrogen (secondary N) is 1. The van der Waals surface area contributed by atoms with Gasteiger partial charge in [0.1, 0.15) is 28.1 Å².